The molecule has 0 aromatic heterocycles. The molecular formula is C25H33N3O3S. The van der Waals surface area contributed by atoms with Crippen molar-refractivity contribution in [2.45, 2.75) is 51.9 Å². The number of anilines is 1. The summed E-state index contributed by atoms with van der Waals surface area (Å²) in [5, 5.41) is 0. The largest absolute Gasteiger partial charge is 0.303 e. The van der Waals surface area contributed by atoms with Crippen molar-refractivity contribution in [3.05, 3.63) is 71.9 Å². The number of hydrogen-bond acceptors (Lipinski definition) is 4. The van der Waals surface area contributed by atoms with Gasteiger partial charge in [0, 0.05) is 5.70 Å². The number of para-hydroxylation sites is 1. The van der Waals surface area contributed by atoms with Gasteiger partial charge in [-0.2, -0.15) is 0 Å². The molecule has 2 aromatic rings. The molecule has 2 N–H and O–H groups in total. The molecule has 172 valence electrons. The predicted molar refractivity (Wildman–Crippen MR) is 128 cm³/mol. The van der Waals surface area contributed by atoms with E-state index in [1.54, 1.807) is 30.3 Å². The van der Waals surface area contributed by atoms with Crippen LogP contribution in [-0.4, -0.2) is 20.9 Å². The quantitative estimate of drug-likeness (QED) is 0.601. The molecule has 0 aliphatic heterocycles. The summed E-state index contributed by atoms with van der Waals surface area (Å²) in [6.07, 6.45) is 4.99. The van der Waals surface area contributed by atoms with E-state index in [-0.39, 0.29) is 16.9 Å². The van der Waals surface area contributed by atoms with E-state index in [4.69, 9.17) is 0 Å². The van der Waals surface area contributed by atoms with E-state index < -0.39 is 15.9 Å². The third kappa shape index (κ3) is 5.71. The SMILES string of the molecule is Cc1ccccc1N(CC(=O)NNC1=CCC(C(C)(C)C)CC1)S(=O)(=O)c1ccccc1. The molecule has 2 aromatic carbocycles. The number of sulfonamides is 1. The number of hydrogen-bond donors (Lipinski definition) is 2. The lowest BCUT2D eigenvalue weighted by Gasteiger charge is -2.33. The minimum absolute atomic E-state index is 0.146. The number of nitrogens with zero attached hydrogens (tertiary/aromatic N) is 1. The number of hydrazine groups is 1. The molecule has 1 aliphatic rings. The molecule has 6 nitrogen and oxygen atoms in total. The molecule has 7 heteroatoms. The maximum absolute atomic E-state index is 13.4. The van der Waals surface area contributed by atoms with Crippen molar-refractivity contribution >= 4 is 21.6 Å². The van der Waals surface area contributed by atoms with Crippen molar-refractivity contribution in [2.24, 2.45) is 11.3 Å². The summed E-state index contributed by atoms with van der Waals surface area (Å²) in [5.74, 6) is 0.183. The Labute approximate surface area is 191 Å². The van der Waals surface area contributed by atoms with E-state index >= 15 is 0 Å². The minimum Gasteiger partial charge on any atom is -0.303 e. The van der Waals surface area contributed by atoms with E-state index in [9.17, 15) is 13.2 Å². The van der Waals surface area contributed by atoms with Crippen LogP contribution in [0.3, 0.4) is 0 Å². The third-order valence-corrected chi connectivity index (χ3v) is 7.77. The zero-order valence-corrected chi connectivity index (χ0v) is 20.1. The first-order valence-corrected chi connectivity index (χ1v) is 12.4. The van der Waals surface area contributed by atoms with Crippen molar-refractivity contribution in [2.75, 3.05) is 10.8 Å². The second-order valence-electron chi connectivity index (χ2n) is 9.35. The van der Waals surface area contributed by atoms with Gasteiger partial charge in [-0.25, -0.2) is 8.42 Å². The summed E-state index contributed by atoms with van der Waals surface area (Å²) in [6.45, 7) is 8.25. The van der Waals surface area contributed by atoms with E-state index in [0.29, 0.717) is 11.6 Å². The number of benzene rings is 2. The van der Waals surface area contributed by atoms with Gasteiger partial charge in [0.25, 0.3) is 15.9 Å². The standard InChI is InChI=1S/C25H33N3O3S/c1-19-10-8-9-13-23(19)28(32(30,31)22-11-6-5-7-12-22)18-24(29)27-26-21-16-14-20(15-17-21)25(2,3)4/h5-13,16,20,26H,14-15,17-18H2,1-4H3,(H,27,29). The summed E-state index contributed by atoms with van der Waals surface area (Å²) in [6, 6.07) is 15.3. The van der Waals surface area contributed by atoms with Crippen LogP contribution in [0.1, 0.15) is 45.6 Å². The molecular weight excluding hydrogens is 422 g/mol. The third-order valence-electron chi connectivity index (χ3n) is 6.00. The van der Waals surface area contributed by atoms with E-state index in [1.807, 2.05) is 19.1 Å². The Morgan fingerprint density at radius 2 is 1.72 bits per heavy atom. The lowest BCUT2D eigenvalue weighted by atomic mass is 9.74. The first kappa shape index (κ1) is 23.9. The number of carbonyl (C=O) groups excluding carboxylic acids is 1. The number of carbonyl (C=O) groups is 1. The highest BCUT2D eigenvalue weighted by Gasteiger charge is 2.29. The molecule has 1 unspecified atom stereocenters. The molecule has 1 aliphatic carbocycles. The van der Waals surface area contributed by atoms with Crippen molar-refractivity contribution in [1.29, 1.82) is 0 Å². The van der Waals surface area contributed by atoms with Crippen molar-refractivity contribution < 1.29 is 13.2 Å². The van der Waals surface area contributed by atoms with Crippen LogP contribution in [0.25, 0.3) is 0 Å². The highest BCUT2D eigenvalue weighted by Crippen LogP contribution is 2.36. The maximum atomic E-state index is 13.4. The molecule has 0 radical (unpaired) electrons. The first-order chi connectivity index (χ1) is 15.1. The number of allylic oxidation sites excluding steroid dienone is 2. The van der Waals surface area contributed by atoms with Crippen LogP contribution >= 0.6 is 0 Å². The number of rotatable bonds is 7. The van der Waals surface area contributed by atoms with Crippen LogP contribution in [0.15, 0.2) is 71.3 Å². The van der Waals surface area contributed by atoms with E-state index in [0.717, 1.165) is 30.5 Å². The van der Waals surface area contributed by atoms with Gasteiger partial charge in [0.2, 0.25) is 0 Å². The fraction of sp³-hybridized carbons (Fsp3) is 0.400. The topological polar surface area (TPSA) is 78.5 Å². The second-order valence-corrected chi connectivity index (χ2v) is 11.2. The fourth-order valence-electron chi connectivity index (χ4n) is 3.92. The van der Waals surface area contributed by atoms with Gasteiger partial charge in [0.1, 0.15) is 6.54 Å². The Bertz CT molecular complexity index is 1070. The Hall–Kier alpha value is -2.80. The van der Waals surface area contributed by atoms with Gasteiger partial charge in [-0.15, -0.1) is 0 Å². The van der Waals surface area contributed by atoms with Crippen molar-refractivity contribution in [3.8, 4) is 0 Å². The Morgan fingerprint density at radius 1 is 1.06 bits per heavy atom. The summed E-state index contributed by atoms with van der Waals surface area (Å²) in [5.41, 5.74) is 8.16. The van der Waals surface area contributed by atoms with Crippen molar-refractivity contribution in [1.82, 2.24) is 10.9 Å². The maximum Gasteiger partial charge on any atom is 0.264 e. The molecule has 0 saturated heterocycles. The first-order valence-electron chi connectivity index (χ1n) is 11.0. The molecule has 0 spiro atoms. The van der Waals surface area contributed by atoms with Gasteiger partial charge >= 0.3 is 0 Å². The van der Waals surface area contributed by atoms with E-state index in [2.05, 4.69) is 37.7 Å². The smallest absolute Gasteiger partial charge is 0.264 e. The molecule has 1 atom stereocenters. The zero-order valence-electron chi connectivity index (χ0n) is 19.3. The Kier molecular flexibility index (Phi) is 7.29. The van der Waals surface area contributed by atoms with Gasteiger partial charge in [0.15, 0.2) is 0 Å². The molecule has 32 heavy (non-hydrogen) atoms. The monoisotopic (exact) mass is 455 g/mol. The van der Waals surface area contributed by atoms with Gasteiger partial charge in [-0.3, -0.25) is 14.5 Å². The molecule has 1 amide bonds. The van der Waals surface area contributed by atoms with Crippen LogP contribution in [-0.2, 0) is 14.8 Å². The normalized spacial score (nSPS) is 16.8. The molecule has 0 saturated carbocycles. The number of amides is 1. The van der Waals surface area contributed by atoms with Gasteiger partial charge in [-0.05, 0) is 61.3 Å². The Morgan fingerprint density at radius 3 is 2.31 bits per heavy atom. The van der Waals surface area contributed by atoms with Gasteiger partial charge in [-0.1, -0.05) is 63.2 Å². The zero-order chi connectivity index (χ0) is 23.4. The summed E-state index contributed by atoms with van der Waals surface area (Å²) >= 11 is 0. The Balaban J connectivity index is 1.74. The van der Waals surface area contributed by atoms with Crippen LogP contribution in [0.4, 0.5) is 5.69 Å². The van der Waals surface area contributed by atoms with Gasteiger partial charge in [0.05, 0.1) is 10.6 Å². The van der Waals surface area contributed by atoms with Crippen LogP contribution < -0.4 is 15.2 Å². The summed E-state index contributed by atoms with van der Waals surface area (Å²) in [7, 11) is -3.91. The van der Waals surface area contributed by atoms with Gasteiger partial charge < -0.3 is 5.43 Å². The average Bonchev–Trinajstić information content (AvgIpc) is 2.77. The van der Waals surface area contributed by atoms with Crippen LogP contribution in [0.5, 0.6) is 0 Å². The van der Waals surface area contributed by atoms with Crippen molar-refractivity contribution in [3.63, 3.8) is 0 Å². The van der Waals surface area contributed by atoms with Crippen LogP contribution in [0, 0.1) is 18.3 Å². The molecule has 0 heterocycles. The molecule has 3 rings (SSSR count). The highest BCUT2D eigenvalue weighted by molar-refractivity contribution is 7.92. The molecule has 0 fully saturated rings. The minimum atomic E-state index is -3.91. The second kappa shape index (κ2) is 9.77. The molecule has 0 bridgehead atoms. The highest BCUT2D eigenvalue weighted by atomic mass is 32.2. The summed E-state index contributed by atoms with van der Waals surface area (Å²) in [4.78, 5) is 12.9. The summed E-state index contributed by atoms with van der Waals surface area (Å²) < 4.78 is 27.9. The predicted octanol–water partition coefficient (Wildman–Crippen LogP) is 4.54. The van der Waals surface area contributed by atoms with E-state index in [1.165, 1.54) is 16.4 Å². The fourth-order valence-corrected chi connectivity index (χ4v) is 5.42. The number of nitrogens with one attached hydrogen (secondary N) is 2. The lowest BCUT2D eigenvalue weighted by molar-refractivity contribution is -0.120. The van der Waals surface area contributed by atoms with Crippen LogP contribution in [0.2, 0.25) is 0 Å². The average molecular weight is 456 g/mol. The number of aryl methyl sites for hydroxylation is 1. The lowest BCUT2D eigenvalue weighted by Crippen LogP contribution is -2.46.